The first kappa shape index (κ1) is 12.8. The van der Waals surface area contributed by atoms with Gasteiger partial charge in [0.05, 0.1) is 0 Å². The Morgan fingerprint density at radius 1 is 0.950 bits per heavy atom. The third-order valence-electron chi connectivity index (χ3n) is 5.57. The number of rotatable bonds is 3. The van der Waals surface area contributed by atoms with Gasteiger partial charge in [0.25, 0.3) is 0 Å². The lowest BCUT2D eigenvalue weighted by Gasteiger charge is -2.28. The van der Waals surface area contributed by atoms with Gasteiger partial charge in [0.1, 0.15) is 5.82 Å². The molecular weight excluding hydrogens is 248 g/mol. The van der Waals surface area contributed by atoms with Gasteiger partial charge in [-0.3, -0.25) is 5.10 Å². The van der Waals surface area contributed by atoms with Crippen molar-refractivity contribution in [2.24, 2.45) is 5.92 Å². The lowest BCUT2D eigenvalue weighted by atomic mass is 9.88. The highest BCUT2D eigenvalue weighted by Crippen LogP contribution is 2.33. The predicted octanol–water partition coefficient (Wildman–Crippen LogP) is 2.93. The van der Waals surface area contributed by atoms with Gasteiger partial charge in [-0.25, -0.2) is 4.98 Å². The van der Waals surface area contributed by atoms with Gasteiger partial charge in [0, 0.05) is 24.4 Å². The molecule has 0 spiro atoms. The number of piperidine rings is 1. The molecular formula is C16H26N4. The molecule has 2 N–H and O–H groups in total. The van der Waals surface area contributed by atoms with E-state index in [1.807, 2.05) is 0 Å². The molecule has 0 radical (unpaired) electrons. The van der Waals surface area contributed by atoms with Crippen molar-refractivity contribution in [3.8, 4) is 0 Å². The molecule has 0 amide bonds. The monoisotopic (exact) mass is 274 g/mol. The number of nitrogens with zero attached hydrogens (tertiary/aromatic N) is 2. The first-order chi connectivity index (χ1) is 9.87. The molecule has 110 valence electrons. The van der Waals surface area contributed by atoms with Gasteiger partial charge in [-0.2, -0.15) is 5.10 Å². The number of H-pyrrole nitrogens is 1. The number of aromatic nitrogens is 3. The molecule has 1 aromatic rings. The third-order valence-corrected chi connectivity index (χ3v) is 5.57. The van der Waals surface area contributed by atoms with E-state index >= 15 is 0 Å². The first-order valence-electron chi connectivity index (χ1n) is 8.54. The minimum atomic E-state index is 0.623. The van der Waals surface area contributed by atoms with Gasteiger partial charge in [0.2, 0.25) is 0 Å². The van der Waals surface area contributed by atoms with Crippen molar-refractivity contribution in [2.75, 3.05) is 0 Å². The number of hydrogen-bond acceptors (Lipinski definition) is 3. The molecule has 4 rings (SSSR count). The van der Waals surface area contributed by atoms with Crippen LogP contribution in [0.15, 0.2) is 0 Å². The van der Waals surface area contributed by atoms with Crippen LogP contribution >= 0.6 is 0 Å². The Morgan fingerprint density at radius 2 is 1.70 bits per heavy atom. The summed E-state index contributed by atoms with van der Waals surface area (Å²) in [4.78, 5) is 4.81. The Labute approximate surface area is 121 Å². The van der Waals surface area contributed by atoms with Crippen LogP contribution < -0.4 is 5.32 Å². The fraction of sp³-hybridized carbons (Fsp3) is 0.875. The van der Waals surface area contributed by atoms with Gasteiger partial charge in [-0.05, 0) is 44.4 Å². The molecule has 1 aliphatic carbocycles. The Bertz CT molecular complexity index is 437. The van der Waals surface area contributed by atoms with E-state index in [0.717, 1.165) is 36.1 Å². The summed E-state index contributed by atoms with van der Waals surface area (Å²) in [6.07, 6.45) is 13.2. The van der Waals surface area contributed by atoms with Gasteiger partial charge in [-0.15, -0.1) is 0 Å². The van der Waals surface area contributed by atoms with Gasteiger partial charge in [0.15, 0.2) is 5.82 Å². The van der Waals surface area contributed by atoms with Crippen molar-refractivity contribution < 1.29 is 0 Å². The average Bonchev–Trinajstić information content (AvgIpc) is 3.07. The van der Waals surface area contributed by atoms with Crippen molar-refractivity contribution >= 4 is 0 Å². The molecule has 2 aliphatic heterocycles. The molecule has 2 saturated heterocycles. The van der Waals surface area contributed by atoms with Crippen LogP contribution in [0.4, 0.5) is 0 Å². The zero-order valence-electron chi connectivity index (χ0n) is 12.3. The molecule has 3 heterocycles. The van der Waals surface area contributed by atoms with E-state index in [0.29, 0.717) is 5.92 Å². The summed E-state index contributed by atoms with van der Waals surface area (Å²) in [5.74, 6) is 3.66. The first-order valence-corrected chi connectivity index (χ1v) is 8.54. The van der Waals surface area contributed by atoms with Crippen molar-refractivity contribution in [1.82, 2.24) is 20.5 Å². The lowest BCUT2D eigenvalue weighted by Crippen LogP contribution is -2.38. The van der Waals surface area contributed by atoms with E-state index in [1.54, 1.807) is 0 Å². The molecule has 1 saturated carbocycles. The van der Waals surface area contributed by atoms with E-state index < -0.39 is 0 Å². The molecule has 2 bridgehead atoms. The Kier molecular flexibility index (Phi) is 3.51. The zero-order valence-corrected chi connectivity index (χ0v) is 12.3. The molecule has 4 heteroatoms. The SMILES string of the molecule is C1CCC(c2n[nH]c(CC3CC4CCC(C3)N4)n2)CC1. The fourth-order valence-corrected chi connectivity index (χ4v) is 4.56. The van der Waals surface area contributed by atoms with Crippen LogP contribution in [-0.4, -0.2) is 27.3 Å². The molecule has 2 atom stereocenters. The minimum Gasteiger partial charge on any atom is -0.311 e. The van der Waals surface area contributed by atoms with Crippen LogP contribution in [0.5, 0.6) is 0 Å². The predicted molar refractivity (Wildman–Crippen MR) is 78.6 cm³/mol. The number of hydrogen-bond donors (Lipinski definition) is 2. The van der Waals surface area contributed by atoms with Crippen molar-refractivity contribution in [2.45, 2.75) is 82.2 Å². The summed E-state index contributed by atoms with van der Waals surface area (Å²) in [5.41, 5.74) is 0. The second-order valence-electron chi connectivity index (χ2n) is 7.15. The Morgan fingerprint density at radius 3 is 2.45 bits per heavy atom. The van der Waals surface area contributed by atoms with E-state index in [1.165, 1.54) is 57.8 Å². The largest absolute Gasteiger partial charge is 0.311 e. The van der Waals surface area contributed by atoms with Gasteiger partial charge in [-0.1, -0.05) is 19.3 Å². The van der Waals surface area contributed by atoms with Gasteiger partial charge < -0.3 is 5.32 Å². The van der Waals surface area contributed by atoms with Gasteiger partial charge >= 0.3 is 0 Å². The quantitative estimate of drug-likeness (QED) is 0.891. The third kappa shape index (κ3) is 2.62. The molecule has 20 heavy (non-hydrogen) atoms. The maximum absolute atomic E-state index is 4.81. The van der Waals surface area contributed by atoms with Crippen molar-refractivity contribution in [1.29, 1.82) is 0 Å². The number of nitrogens with one attached hydrogen (secondary N) is 2. The highest BCUT2D eigenvalue weighted by molar-refractivity contribution is 5.01. The van der Waals surface area contributed by atoms with Crippen LogP contribution in [0.1, 0.15) is 75.4 Å². The topological polar surface area (TPSA) is 53.6 Å². The fourth-order valence-electron chi connectivity index (χ4n) is 4.56. The van der Waals surface area contributed by atoms with Crippen molar-refractivity contribution in [3.05, 3.63) is 11.6 Å². The summed E-state index contributed by atoms with van der Waals surface area (Å²) in [7, 11) is 0. The summed E-state index contributed by atoms with van der Waals surface area (Å²) in [6.45, 7) is 0. The molecule has 0 aromatic carbocycles. The summed E-state index contributed by atoms with van der Waals surface area (Å²) in [5, 5.41) is 11.4. The molecule has 1 aromatic heterocycles. The van der Waals surface area contributed by atoms with Crippen LogP contribution in [0, 0.1) is 5.92 Å². The Balaban J connectivity index is 1.38. The van der Waals surface area contributed by atoms with E-state index in [-0.39, 0.29) is 0 Å². The second kappa shape index (κ2) is 5.47. The standard InChI is InChI=1S/C16H26N4/c1-2-4-12(5-3-1)16-18-15(19-20-16)10-11-8-13-6-7-14(9-11)17-13/h11-14,17H,1-10H2,(H,18,19,20). The van der Waals surface area contributed by atoms with Crippen LogP contribution in [0.2, 0.25) is 0 Å². The molecule has 3 aliphatic rings. The number of fused-ring (bicyclic) bond motifs is 2. The maximum Gasteiger partial charge on any atom is 0.153 e. The normalized spacial score (nSPS) is 34.5. The maximum atomic E-state index is 4.81. The highest BCUT2D eigenvalue weighted by atomic mass is 15.2. The Hall–Kier alpha value is -0.900. The molecule has 4 nitrogen and oxygen atoms in total. The zero-order chi connectivity index (χ0) is 13.4. The van der Waals surface area contributed by atoms with E-state index in [4.69, 9.17) is 4.98 Å². The molecule has 2 unspecified atom stereocenters. The smallest absolute Gasteiger partial charge is 0.153 e. The van der Waals surface area contributed by atoms with Crippen molar-refractivity contribution in [3.63, 3.8) is 0 Å². The second-order valence-corrected chi connectivity index (χ2v) is 7.15. The van der Waals surface area contributed by atoms with Crippen LogP contribution in [-0.2, 0) is 6.42 Å². The molecule has 3 fully saturated rings. The average molecular weight is 274 g/mol. The van der Waals surface area contributed by atoms with Crippen LogP contribution in [0.3, 0.4) is 0 Å². The number of aromatic amines is 1. The summed E-state index contributed by atoms with van der Waals surface area (Å²) in [6, 6.07) is 1.55. The minimum absolute atomic E-state index is 0.623. The summed E-state index contributed by atoms with van der Waals surface area (Å²) >= 11 is 0. The van der Waals surface area contributed by atoms with E-state index in [9.17, 15) is 0 Å². The highest BCUT2D eigenvalue weighted by Gasteiger charge is 2.33. The van der Waals surface area contributed by atoms with E-state index in [2.05, 4.69) is 15.5 Å². The summed E-state index contributed by atoms with van der Waals surface area (Å²) < 4.78 is 0. The lowest BCUT2D eigenvalue weighted by molar-refractivity contribution is 0.295. The van der Waals surface area contributed by atoms with Crippen LogP contribution in [0.25, 0.3) is 0 Å².